The second-order valence-electron chi connectivity index (χ2n) is 5.65. The molecule has 0 aliphatic carbocycles. The molecular formula is C16H27NOS. The number of hydrogen-bond donors (Lipinski definition) is 2. The van der Waals surface area contributed by atoms with Gasteiger partial charge >= 0.3 is 0 Å². The first-order chi connectivity index (χ1) is 8.90. The zero-order chi connectivity index (χ0) is 14.5. The Balaban J connectivity index is 2.68. The van der Waals surface area contributed by atoms with Crippen LogP contribution in [0.5, 0.6) is 0 Å². The van der Waals surface area contributed by atoms with Gasteiger partial charge in [0, 0.05) is 15.7 Å². The van der Waals surface area contributed by atoms with Crippen molar-refractivity contribution in [2.24, 2.45) is 0 Å². The van der Waals surface area contributed by atoms with Crippen molar-refractivity contribution in [1.82, 2.24) is 5.32 Å². The smallest absolute Gasteiger partial charge is 0.0611 e. The maximum Gasteiger partial charge on any atom is 0.0611 e. The maximum absolute atomic E-state index is 9.56. The number of rotatable bonds is 7. The molecule has 0 saturated heterocycles. The number of aliphatic hydroxyl groups excluding tert-OH is 1. The monoisotopic (exact) mass is 281 g/mol. The highest BCUT2D eigenvalue weighted by Crippen LogP contribution is 2.31. The summed E-state index contributed by atoms with van der Waals surface area (Å²) in [4.78, 5) is 1.35. The average Bonchev–Trinajstić information content (AvgIpc) is 2.34. The number of aliphatic hydroxyl groups is 1. The molecule has 0 spiro atoms. The molecule has 0 aromatic heterocycles. The van der Waals surface area contributed by atoms with Crippen LogP contribution < -0.4 is 5.32 Å². The molecule has 2 nitrogen and oxygen atoms in total. The first-order valence-corrected chi connectivity index (χ1v) is 7.88. The predicted molar refractivity (Wildman–Crippen MR) is 85.0 cm³/mol. The number of benzene rings is 1. The number of aryl methyl sites for hydroxylation is 2. The quantitative estimate of drug-likeness (QED) is 0.750. The normalized spacial score (nSPS) is 16.1. The van der Waals surface area contributed by atoms with E-state index in [9.17, 15) is 5.11 Å². The van der Waals surface area contributed by atoms with Crippen molar-refractivity contribution in [3.8, 4) is 0 Å². The highest BCUT2D eigenvalue weighted by molar-refractivity contribution is 8.00. The van der Waals surface area contributed by atoms with Crippen LogP contribution in [0.3, 0.4) is 0 Å². The first-order valence-electron chi connectivity index (χ1n) is 7.00. The third kappa shape index (κ3) is 5.17. The van der Waals surface area contributed by atoms with Crippen LogP contribution in [0.4, 0.5) is 0 Å². The molecule has 0 fully saturated rings. The van der Waals surface area contributed by atoms with Gasteiger partial charge in [-0.25, -0.2) is 0 Å². The standard InChI is InChI=1S/C16H27NOS/c1-6-17-16(5,11-18)10-14(4)19-15-9-12(2)7-8-13(15)3/h7-9,14,17-18H,6,10-11H2,1-5H3. The van der Waals surface area contributed by atoms with Gasteiger partial charge in [-0.3, -0.25) is 0 Å². The number of thioether (sulfide) groups is 1. The number of nitrogens with one attached hydrogen (secondary N) is 1. The summed E-state index contributed by atoms with van der Waals surface area (Å²) in [5, 5.41) is 13.4. The Kier molecular flexibility index (Phi) is 6.37. The van der Waals surface area contributed by atoms with Gasteiger partial charge in [0.1, 0.15) is 0 Å². The largest absolute Gasteiger partial charge is 0.394 e. The SMILES string of the molecule is CCNC(C)(CO)CC(C)Sc1cc(C)ccc1C. The number of hydrogen-bond acceptors (Lipinski definition) is 3. The van der Waals surface area contributed by atoms with E-state index in [4.69, 9.17) is 0 Å². The molecule has 108 valence electrons. The van der Waals surface area contributed by atoms with Crippen molar-refractivity contribution < 1.29 is 5.11 Å². The van der Waals surface area contributed by atoms with Gasteiger partial charge in [-0.15, -0.1) is 11.8 Å². The van der Waals surface area contributed by atoms with E-state index in [1.165, 1.54) is 16.0 Å². The molecule has 0 aliphatic rings. The molecule has 2 unspecified atom stereocenters. The van der Waals surface area contributed by atoms with Gasteiger partial charge in [0.25, 0.3) is 0 Å². The molecule has 0 heterocycles. The molecule has 19 heavy (non-hydrogen) atoms. The van der Waals surface area contributed by atoms with Crippen molar-refractivity contribution in [2.45, 2.75) is 56.7 Å². The third-order valence-electron chi connectivity index (χ3n) is 3.36. The van der Waals surface area contributed by atoms with Gasteiger partial charge < -0.3 is 10.4 Å². The molecule has 3 heteroatoms. The lowest BCUT2D eigenvalue weighted by Gasteiger charge is -2.31. The summed E-state index contributed by atoms with van der Waals surface area (Å²) in [7, 11) is 0. The highest BCUT2D eigenvalue weighted by atomic mass is 32.2. The second kappa shape index (κ2) is 7.32. The minimum Gasteiger partial charge on any atom is -0.394 e. The molecule has 0 saturated carbocycles. The Labute approximate surface area is 122 Å². The van der Waals surface area contributed by atoms with Crippen molar-refractivity contribution in [2.75, 3.05) is 13.2 Å². The fraction of sp³-hybridized carbons (Fsp3) is 0.625. The summed E-state index contributed by atoms with van der Waals surface area (Å²) in [6.07, 6.45) is 0.954. The highest BCUT2D eigenvalue weighted by Gasteiger charge is 2.25. The summed E-state index contributed by atoms with van der Waals surface area (Å²) in [5.74, 6) is 0. The third-order valence-corrected chi connectivity index (χ3v) is 4.63. The molecule has 1 aromatic rings. The van der Waals surface area contributed by atoms with Crippen LogP contribution in [0, 0.1) is 13.8 Å². The molecule has 0 amide bonds. The zero-order valence-electron chi connectivity index (χ0n) is 12.8. The Morgan fingerprint density at radius 3 is 2.63 bits per heavy atom. The Morgan fingerprint density at radius 2 is 2.05 bits per heavy atom. The van der Waals surface area contributed by atoms with Crippen LogP contribution in [0.1, 0.15) is 38.3 Å². The Hall–Kier alpha value is -0.510. The van der Waals surface area contributed by atoms with Gasteiger partial charge in [0.15, 0.2) is 0 Å². The molecule has 0 radical (unpaired) electrons. The van der Waals surface area contributed by atoms with E-state index >= 15 is 0 Å². The minimum absolute atomic E-state index is 0.179. The van der Waals surface area contributed by atoms with Crippen LogP contribution >= 0.6 is 11.8 Å². The summed E-state index contributed by atoms with van der Waals surface area (Å²) < 4.78 is 0. The van der Waals surface area contributed by atoms with Crippen molar-refractivity contribution in [3.05, 3.63) is 29.3 Å². The Morgan fingerprint density at radius 1 is 1.37 bits per heavy atom. The van der Waals surface area contributed by atoms with Gasteiger partial charge in [0.05, 0.1) is 6.61 Å². The zero-order valence-corrected chi connectivity index (χ0v) is 13.6. The van der Waals surface area contributed by atoms with Gasteiger partial charge in [0.2, 0.25) is 0 Å². The van der Waals surface area contributed by atoms with E-state index in [1.807, 2.05) is 11.8 Å². The number of likely N-dealkylation sites (N-methyl/N-ethyl adjacent to an activating group) is 1. The fourth-order valence-electron chi connectivity index (χ4n) is 2.35. The van der Waals surface area contributed by atoms with Crippen LogP contribution in [0.2, 0.25) is 0 Å². The van der Waals surface area contributed by atoms with E-state index in [1.54, 1.807) is 0 Å². The van der Waals surface area contributed by atoms with Crippen LogP contribution in [0.15, 0.2) is 23.1 Å². The molecule has 1 rings (SSSR count). The van der Waals surface area contributed by atoms with E-state index in [0.717, 1.165) is 13.0 Å². The molecule has 2 N–H and O–H groups in total. The van der Waals surface area contributed by atoms with E-state index in [2.05, 4.69) is 58.1 Å². The van der Waals surface area contributed by atoms with E-state index in [0.29, 0.717) is 5.25 Å². The fourth-order valence-corrected chi connectivity index (χ4v) is 3.74. The lowest BCUT2D eigenvalue weighted by Crippen LogP contribution is -2.47. The van der Waals surface area contributed by atoms with Crippen LogP contribution in [-0.4, -0.2) is 29.0 Å². The van der Waals surface area contributed by atoms with Gasteiger partial charge in [-0.05, 0) is 45.4 Å². The first kappa shape index (κ1) is 16.5. The minimum atomic E-state index is -0.182. The average molecular weight is 281 g/mol. The summed E-state index contributed by atoms with van der Waals surface area (Å²) in [5.41, 5.74) is 2.45. The Bertz CT molecular complexity index is 408. The lowest BCUT2D eigenvalue weighted by molar-refractivity contribution is 0.168. The molecule has 0 bridgehead atoms. The van der Waals surface area contributed by atoms with Crippen molar-refractivity contribution >= 4 is 11.8 Å². The predicted octanol–water partition coefficient (Wildman–Crippen LogP) is 3.53. The summed E-state index contributed by atoms with van der Waals surface area (Å²) >= 11 is 1.90. The van der Waals surface area contributed by atoms with Crippen LogP contribution in [-0.2, 0) is 0 Å². The lowest BCUT2D eigenvalue weighted by atomic mass is 9.97. The topological polar surface area (TPSA) is 32.3 Å². The maximum atomic E-state index is 9.56. The van der Waals surface area contributed by atoms with Gasteiger partial charge in [-0.1, -0.05) is 31.5 Å². The van der Waals surface area contributed by atoms with Gasteiger partial charge in [-0.2, -0.15) is 0 Å². The summed E-state index contributed by atoms with van der Waals surface area (Å²) in [6.45, 7) is 11.8. The molecule has 2 atom stereocenters. The summed E-state index contributed by atoms with van der Waals surface area (Å²) in [6, 6.07) is 6.58. The van der Waals surface area contributed by atoms with E-state index in [-0.39, 0.29) is 12.1 Å². The molecule has 0 aliphatic heterocycles. The van der Waals surface area contributed by atoms with Crippen LogP contribution in [0.25, 0.3) is 0 Å². The van der Waals surface area contributed by atoms with E-state index < -0.39 is 0 Å². The van der Waals surface area contributed by atoms with Crippen molar-refractivity contribution in [1.29, 1.82) is 0 Å². The molecular weight excluding hydrogens is 254 g/mol. The van der Waals surface area contributed by atoms with Crippen molar-refractivity contribution in [3.63, 3.8) is 0 Å². The second-order valence-corrected chi connectivity index (χ2v) is 7.13. The molecule has 1 aromatic carbocycles.